The van der Waals surface area contributed by atoms with Gasteiger partial charge in [-0.1, -0.05) is 12.1 Å². The molecule has 0 radical (unpaired) electrons. The Morgan fingerprint density at radius 1 is 1.24 bits per heavy atom. The van der Waals surface area contributed by atoms with E-state index in [4.69, 9.17) is 9.72 Å². The van der Waals surface area contributed by atoms with Crippen LogP contribution in [0.1, 0.15) is 0 Å². The van der Waals surface area contributed by atoms with Crippen LogP contribution < -0.4 is 4.74 Å². The highest BCUT2D eigenvalue weighted by atomic mass is 32.1. The van der Waals surface area contributed by atoms with Gasteiger partial charge in [0.1, 0.15) is 11.3 Å². The van der Waals surface area contributed by atoms with E-state index in [9.17, 15) is 0 Å². The van der Waals surface area contributed by atoms with Gasteiger partial charge in [-0.3, -0.25) is 0 Å². The van der Waals surface area contributed by atoms with E-state index < -0.39 is 0 Å². The Morgan fingerprint density at radius 3 is 2.76 bits per heavy atom. The molecular weight excluding hydrogens is 282 g/mol. The Balaban J connectivity index is 2.19. The van der Waals surface area contributed by atoms with Gasteiger partial charge in [0, 0.05) is 13.1 Å². The van der Waals surface area contributed by atoms with Gasteiger partial charge in [0.05, 0.1) is 17.5 Å². The molecule has 0 aliphatic heterocycles. The fourth-order valence-electron chi connectivity index (χ4n) is 2.43. The molecule has 0 fully saturated rings. The molecule has 0 amide bonds. The topological polar surface area (TPSA) is 30.3 Å². The van der Waals surface area contributed by atoms with Crippen LogP contribution in [-0.4, -0.2) is 42.2 Å². The van der Waals surface area contributed by atoms with Crippen molar-refractivity contribution in [1.29, 1.82) is 0 Å². The molecule has 0 bridgehead atoms. The Hall–Kier alpha value is -1.85. The van der Waals surface area contributed by atoms with Crippen molar-refractivity contribution in [1.82, 2.24) is 14.5 Å². The SMILES string of the molecule is COc1cccc2nc(-c3cccs3)n(CCN(C)C)c12. The van der Waals surface area contributed by atoms with Crippen molar-refractivity contribution in [3.63, 3.8) is 0 Å². The van der Waals surface area contributed by atoms with Crippen LogP contribution in [0.2, 0.25) is 0 Å². The van der Waals surface area contributed by atoms with Crippen molar-refractivity contribution in [2.75, 3.05) is 27.7 Å². The zero-order valence-electron chi connectivity index (χ0n) is 12.5. The van der Waals surface area contributed by atoms with Crippen LogP contribution >= 0.6 is 11.3 Å². The Kier molecular flexibility index (Phi) is 3.94. The molecule has 0 aliphatic carbocycles. The van der Waals surface area contributed by atoms with Crippen molar-refractivity contribution < 1.29 is 4.74 Å². The van der Waals surface area contributed by atoms with Crippen molar-refractivity contribution in [2.24, 2.45) is 0 Å². The second-order valence-corrected chi connectivity index (χ2v) is 6.14. The number of ether oxygens (including phenoxy) is 1. The lowest BCUT2D eigenvalue weighted by atomic mass is 10.3. The summed E-state index contributed by atoms with van der Waals surface area (Å²) in [4.78, 5) is 8.18. The molecule has 2 heterocycles. The van der Waals surface area contributed by atoms with E-state index in [2.05, 4.69) is 41.1 Å². The highest BCUT2D eigenvalue weighted by Gasteiger charge is 2.16. The lowest BCUT2D eigenvalue weighted by Gasteiger charge is -2.14. The summed E-state index contributed by atoms with van der Waals surface area (Å²) >= 11 is 1.72. The molecule has 0 atom stereocenters. The summed E-state index contributed by atoms with van der Waals surface area (Å²) in [6.07, 6.45) is 0. The lowest BCUT2D eigenvalue weighted by molar-refractivity contribution is 0.384. The molecule has 21 heavy (non-hydrogen) atoms. The standard InChI is InChI=1S/C16H19N3OS/c1-18(2)9-10-19-15-12(6-4-7-13(15)20-3)17-16(19)14-8-5-11-21-14/h4-8,11H,9-10H2,1-3H3. The van der Waals surface area contributed by atoms with E-state index in [0.717, 1.165) is 35.7 Å². The van der Waals surface area contributed by atoms with Crippen LogP contribution in [0.15, 0.2) is 35.7 Å². The van der Waals surface area contributed by atoms with Gasteiger partial charge in [0.2, 0.25) is 0 Å². The molecule has 0 saturated heterocycles. The second-order valence-electron chi connectivity index (χ2n) is 5.20. The summed E-state index contributed by atoms with van der Waals surface area (Å²) in [5, 5.41) is 2.09. The number of nitrogens with zero attached hydrogens (tertiary/aromatic N) is 3. The average molecular weight is 301 g/mol. The number of methoxy groups -OCH3 is 1. The number of benzene rings is 1. The third-order valence-corrected chi connectivity index (χ3v) is 4.33. The number of hydrogen-bond donors (Lipinski definition) is 0. The van der Waals surface area contributed by atoms with Gasteiger partial charge in [-0.15, -0.1) is 11.3 Å². The first-order valence-corrected chi connectivity index (χ1v) is 7.80. The molecule has 110 valence electrons. The number of para-hydroxylation sites is 1. The Labute approximate surface area is 128 Å². The van der Waals surface area contributed by atoms with E-state index in [0.29, 0.717) is 0 Å². The number of hydrogen-bond acceptors (Lipinski definition) is 4. The monoisotopic (exact) mass is 301 g/mol. The second kappa shape index (κ2) is 5.87. The predicted octanol–water partition coefficient (Wildman–Crippen LogP) is 3.34. The van der Waals surface area contributed by atoms with Gasteiger partial charge in [0.15, 0.2) is 5.82 Å². The van der Waals surface area contributed by atoms with Gasteiger partial charge in [-0.2, -0.15) is 0 Å². The van der Waals surface area contributed by atoms with Crippen molar-refractivity contribution in [2.45, 2.75) is 6.54 Å². The van der Waals surface area contributed by atoms with Crippen molar-refractivity contribution in [3.05, 3.63) is 35.7 Å². The molecular formula is C16H19N3OS. The van der Waals surface area contributed by atoms with Gasteiger partial charge in [-0.25, -0.2) is 4.98 Å². The Morgan fingerprint density at radius 2 is 2.10 bits per heavy atom. The van der Waals surface area contributed by atoms with Crippen LogP contribution in [-0.2, 0) is 6.54 Å². The van der Waals surface area contributed by atoms with E-state index in [1.165, 1.54) is 4.88 Å². The smallest absolute Gasteiger partial charge is 0.151 e. The van der Waals surface area contributed by atoms with Crippen molar-refractivity contribution >= 4 is 22.4 Å². The number of likely N-dealkylation sites (N-methyl/N-ethyl adjacent to an activating group) is 1. The van der Waals surface area contributed by atoms with Crippen LogP contribution in [0.25, 0.3) is 21.7 Å². The van der Waals surface area contributed by atoms with E-state index in [1.54, 1.807) is 18.4 Å². The van der Waals surface area contributed by atoms with Crippen LogP contribution in [0.3, 0.4) is 0 Å². The fraction of sp³-hybridized carbons (Fsp3) is 0.312. The third kappa shape index (κ3) is 2.66. The predicted molar refractivity (Wildman–Crippen MR) is 88.2 cm³/mol. The van der Waals surface area contributed by atoms with Gasteiger partial charge in [-0.05, 0) is 37.7 Å². The van der Waals surface area contributed by atoms with Crippen LogP contribution in [0, 0.1) is 0 Å². The minimum atomic E-state index is 0.876. The maximum Gasteiger partial charge on any atom is 0.151 e. The average Bonchev–Trinajstić information content (AvgIpc) is 3.11. The summed E-state index contributed by atoms with van der Waals surface area (Å²) in [5.41, 5.74) is 2.06. The summed E-state index contributed by atoms with van der Waals surface area (Å²) in [5.74, 6) is 1.90. The van der Waals surface area contributed by atoms with E-state index in [-0.39, 0.29) is 0 Å². The number of imidazole rings is 1. The van der Waals surface area contributed by atoms with Crippen molar-refractivity contribution in [3.8, 4) is 16.5 Å². The largest absolute Gasteiger partial charge is 0.494 e. The lowest BCUT2D eigenvalue weighted by Crippen LogP contribution is -2.18. The molecule has 0 spiro atoms. The van der Waals surface area contributed by atoms with Gasteiger partial charge < -0.3 is 14.2 Å². The number of rotatable bonds is 5. The first-order chi connectivity index (χ1) is 10.2. The molecule has 0 saturated carbocycles. The molecule has 1 aromatic carbocycles. The number of thiophene rings is 1. The first kappa shape index (κ1) is 14.1. The zero-order chi connectivity index (χ0) is 14.8. The summed E-state index contributed by atoms with van der Waals surface area (Å²) in [6, 6.07) is 10.2. The summed E-state index contributed by atoms with van der Waals surface area (Å²) < 4.78 is 7.80. The quantitative estimate of drug-likeness (QED) is 0.724. The van der Waals surface area contributed by atoms with Crippen LogP contribution in [0.5, 0.6) is 5.75 Å². The number of fused-ring (bicyclic) bond motifs is 1. The highest BCUT2D eigenvalue weighted by Crippen LogP contribution is 2.32. The maximum atomic E-state index is 5.53. The molecule has 3 aromatic rings. The molecule has 2 aromatic heterocycles. The molecule has 0 unspecified atom stereocenters. The fourth-order valence-corrected chi connectivity index (χ4v) is 3.15. The normalized spacial score (nSPS) is 11.4. The minimum absolute atomic E-state index is 0.876. The highest BCUT2D eigenvalue weighted by molar-refractivity contribution is 7.13. The maximum absolute atomic E-state index is 5.53. The minimum Gasteiger partial charge on any atom is -0.494 e. The van der Waals surface area contributed by atoms with E-state index >= 15 is 0 Å². The van der Waals surface area contributed by atoms with E-state index in [1.807, 2.05) is 18.2 Å². The molecule has 3 rings (SSSR count). The summed E-state index contributed by atoms with van der Waals surface area (Å²) in [7, 11) is 5.88. The Bertz CT molecular complexity index is 731. The zero-order valence-corrected chi connectivity index (χ0v) is 13.4. The third-order valence-electron chi connectivity index (χ3n) is 3.46. The first-order valence-electron chi connectivity index (χ1n) is 6.92. The molecule has 0 aliphatic rings. The molecule has 4 nitrogen and oxygen atoms in total. The van der Waals surface area contributed by atoms with Gasteiger partial charge in [0.25, 0.3) is 0 Å². The summed E-state index contributed by atoms with van der Waals surface area (Å²) in [6.45, 7) is 1.85. The van der Waals surface area contributed by atoms with Crippen LogP contribution in [0.4, 0.5) is 0 Å². The number of aromatic nitrogens is 2. The van der Waals surface area contributed by atoms with Gasteiger partial charge >= 0.3 is 0 Å². The molecule has 5 heteroatoms. The molecule has 0 N–H and O–H groups in total.